The highest BCUT2D eigenvalue weighted by Crippen LogP contribution is 2.33. The van der Waals surface area contributed by atoms with Gasteiger partial charge in [0.15, 0.2) is 0 Å². The number of fused-ring (bicyclic) bond motifs is 1. The van der Waals surface area contributed by atoms with Gasteiger partial charge in [-0.1, -0.05) is 24.6 Å². The zero-order valence-corrected chi connectivity index (χ0v) is 19.8. The summed E-state index contributed by atoms with van der Waals surface area (Å²) in [6.07, 6.45) is 4.77. The zero-order valence-electron chi connectivity index (χ0n) is 19.0. The maximum atomic E-state index is 13.5. The average Bonchev–Trinajstić information content (AvgIpc) is 2.80. The highest BCUT2D eigenvalue weighted by molar-refractivity contribution is 6.31. The van der Waals surface area contributed by atoms with E-state index in [2.05, 4.69) is 32.4 Å². The van der Waals surface area contributed by atoms with Crippen LogP contribution in [0.15, 0.2) is 48.8 Å². The Bertz CT molecular complexity index is 1170. The fourth-order valence-electron chi connectivity index (χ4n) is 3.10. The molecular weight excluding hydrogens is 445 g/mol. The van der Waals surface area contributed by atoms with Gasteiger partial charge in [-0.25, -0.2) is 14.4 Å². The molecule has 0 aliphatic rings. The second-order valence-corrected chi connectivity index (χ2v) is 7.84. The van der Waals surface area contributed by atoms with E-state index >= 15 is 0 Å². The Morgan fingerprint density at radius 2 is 2.06 bits per heavy atom. The van der Waals surface area contributed by atoms with Crippen LogP contribution < -0.4 is 15.4 Å². The van der Waals surface area contributed by atoms with E-state index in [1.54, 1.807) is 18.2 Å². The number of ether oxygens (including phenoxy) is 1. The molecule has 0 radical (unpaired) electrons. The summed E-state index contributed by atoms with van der Waals surface area (Å²) in [5.41, 5.74) is 1.68. The standard InChI is InChI=1S/C24H27ClFN5O2/c1-5-31(4)15(3)7-10-23(32)30-21-12-17-20(13-22(21)33-6-2)27-14-28-24(17)29-16-8-9-19(26)18(25)11-16/h7-15H,5-6H2,1-4H3,(H,30,32)(H,27,28,29)/b10-7+. The van der Waals surface area contributed by atoms with Crippen LogP contribution in [-0.2, 0) is 4.79 Å². The van der Waals surface area contributed by atoms with E-state index < -0.39 is 5.82 Å². The second-order valence-electron chi connectivity index (χ2n) is 7.44. The van der Waals surface area contributed by atoms with Crippen LogP contribution in [0.4, 0.5) is 21.6 Å². The Kier molecular flexibility index (Phi) is 8.19. The maximum absolute atomic E-state index is 13.5. The van der Waals surface area contributed by atoms with Crippen LogP contribution in [0.25, 0.3) is 10.9 Å². The van der Waals surface area contributed by atoms with Crippen LogP contribution in [0.1, 0.15) is 20.8 Å². The van der Waals surface area contributed by atoms with Crippen LogP contribution in [0.2, 0.25) is 5.02 Å². The number of hydrogen-bond donors (Lipinski definition) is 2. The van der Waals surface area contributed by atoms with Crippen molar-refractivity contribution in [3.05, 3.63) is 59.7 Å². The molecule has 7 nitrogen and oxygen atoms in total. The number of halogens is 2. The van der Waals surface area contributed by atoms with Crippen molar-refractivity contribution >= 4 is 45.6 Å². The van der Waals surface area contributed by atoms with Crippen molar-refractivity contribution in [2.24, 2.45) is 0 Å². The van der Waals surface area contributed by atoms with Crippen molar-refractivity contribution in [2.45, 2.75) is 26.8 Å². The fourth-order valence-corrected chi connectivity index (χ4v) is 3.28. The first-order chi connectivity index (χ1) is 15.8. The minimum atomic E-state index is -0.506. The van der Waals surface area contributed by atoms with Crippen LogP contribution >= 0.6 is 11.6 Å². The summed E-state index contributed by atoms with van der Waals surface area (Å²) in [6, 6.07) is 7.93. The van der Waals surface area contributed by atoms with Gasteiger partial charge < -0.3 is 20.3 Å². The lowest BCUT2D eigenvalue weighted by Gasteiger charge is -2.19. The highest BCUT2D eigenvalue weighted by atomic mass is 35.5. The number of likely N-dealkylation sites (N-methyl/N-ethyl adjacent to an activating group) is 1. The Morgan fingerprint density at radius 1 is 1.27 bits per heavy atom. The first kappa shape index (κ1) is 24.4. The number of nitrogens with one attached hydrogen (secondary N) is 2. The van der Waals surface area contributed by atoms with Crippen LogP contribution in [0.3, 0.4) is 0 Å². The first-order valence-electron chi connectivity index (χ1n) is 10.6. The van der Waals surface area contributed by atoms with E-state index in [9.17, 15) is 9.18 Å². The van der Waals surface area contributed by atoms with E-state index in [4.69, 9.17) is 16.3 Å². The molecule has 1 heterocycles. The largest absolute Gasteiger partial charge is 0.492 e. The third kappa shape index (κ3) is 6.18. The summed E-state index contributed by atoms with van der Waals surface area (Å²) < 4.78 is 19.2. The molecule has 0 bridgehead atoms. The van der Waals surface area contributed by atoms with E-state index in [1.165, 1.54) is 24.5 Å². The van der Waals surface area contributed by atoms with Crippen molar-refractivity contribution in [2.75, 3.05) is 30.8 Å². The van der Waals surface area contributed by atoms with Gasteiger partial charge in [-0.3, -0.25) is 4.79 Å². The Morgan fingerprint density at radius 3 is 2.76 bits per heavy atom. The molecule has 0 saturated carbocycles. The predicted molar refractivity (Wildman–Crippen MR) is 131 cm³/mol. The highest BCUT2D eigenvalue weighted by Gasteiger charge is 2.14. The number of benzene rings is 2. The Labute approximate surface area is 197 Å². The number of nitrogens with zero attached hydrogens (tertiary/aromatic N) is 3. The SMILES string of the molecule is CCOc1cc2ncnc(Nc3ccc(F)c(Cl)c3)c2cc1NC(=O)/C=C/C(C)N(C)CC. The van der Waals surface area contributed by atoms with Crippen molar-refractivity contribution < 1.29 is 13.9 Å². The lowest BCUT2D eigenvalue weighted by molar-refractivity contribution is -0.112. The monoisotopic (exact) mass is 471 g/mol. The molecule has 0 fully saturated rings. The molecule has 9 heteroatoms. The Hall–Kier alpha value is -3.23. The van der Waals surface area contributed by atoms with Gasteiger partial charge in [0.2, 0.25) is 5.91 Å². The van der Waals surface area contributed by atoms with Crippen LogP contribution in [-0.4, -0.2) is 47.0 Å². The summed E-state index contributed by atoms with van der Waals surface area (Å²) in [5.74, 6) is 0.201. The second kappa shape index (κ2) is 11.1. The summed E-state index contributed by atoms with van der Waals surface area (Å²) in [6.45, 7) is 7.24. The molecule has 1 amide bonds. The number of anilines is 3. The van der Waals surface area contributed by atoms with E-state index in [0.717, 1.165) is 6.54 Å². The lowest BCUT2D eigenvalue weighted by Crippen LogP contribution is -2.27. The van der Waals surface area contributed by atoms with Crippen molar-refractivity contribution in [3.63, 3.8) is 0 Å². The van der Waals surface area contributed by atoms with Crippen molar-refractivity contribution in [1.82, 2.24) is 14.9 Å². The smallest absolute Gasteiger partial charge is 0.248 e. The molecule has 2 aromatic carbocycles. The minimum absolute atomic E-state index is 0.000297. The number of amides is 1. The van der Waals surface area contributed by atoms with Gasteiger partial charge in [0.05, 0.1) is 22.8 Å². The average molecular weight is 472 g/mol. The van der Waals surface area contributed by atoms with E-state index in [1.807, 2.05) is 27.0 Å². The molecule has 174 valence electrons. The topological polar surface area (TPSA) is 79.4 Å². The summed E-state index contributed by atoms with van der Waals surface area (Å²) in [7, 11) is 1.99. The fraction of sp³-hybridized carbons (Fsp3) is 0.292. The van der Waals surface area contributed by atoms with Crippen LogP contribution in [0.5, 0.6) is 5.75 Å². The molecule has 1 atom stereocenters. The molecule has 0 spiro atoms. The molecule has 1 aromatic heterocycles. The quantitative estimate of drug-likeness (QED) is 0.407. The minimum Gasteiger partial charge on any atom is -0.492 e. The number of carbonyl (C=O) groups excluding carboxylic acids is 1. The molecule has 33 heavy (non-hydrogen) atoms. The van der Waals surface area contributed by atoms with Gasteiger partial charge in [0.1, 0.15) is 23.7 Å². The molecule has 0 saturated heterocycles. The van der Waals surface area contributed by atoms with Gasteiger partial charge >= 0.3 is 0 Å². The number of hydrogen-bond acceptors (Lipinski definition) is 6. The Balaban J connectivity index is 1.93. The van der Waals surface area contributed by atoms with Crippen molar-refractivity contribution in [1.29, 1.82) is 0 Å². The molecule has 0 aliphatic carbocycles. The molecule has 3 rings (SSSR count). The normalized spacial score (nSPS) is 12.3. The van der Waals surface area contributed by atoms with E-state index in [-0.39, 0.29) is 17.0 Å². The third-order valence-corrected chi connectivity index (χ3v) is 5.49. The predicted octanol–water partition coefficient (Wildman–Crippen LogP) is 5.40. The number of aromatic nitrogens is 2. The van der Waals surface area contributed by atoms with Crippen LogP contribution in [0, 0.1) is 5.82 Å². The van der Waals surface area contributed by atoms with Crippen molar-refractivity contribution in [3.8, 4) is 5.75 Å². The number of rotatable bonds is 9. The van der Waals surface area contributed by atoms with Gasteiger partial charge in [-0.15, -0.1) is 0 Å². The molecule has 2 N–H and O–H groups in total. The van der Waals surface area contributed by atoms with E-state index in [0.29, 0.717) is 40.5 Å². The molecule has 3 aromatic rings. The third-order valence-electron chi connectivity index (χ3n) is 5.20. The van der Waals surface area contributed by atoms with Gasteiger partial charge in [0.25, 0.3) is 0 Å². The van der Waals surface area contributed by atoms with Gasteiger partial charge in [0, 0.05) is 29.3 Å². The summed E-state index contributed by atoms with van der Waals surface area (Å²) in [5, 5.41) is 6.67. The summed E-state index contributed by atoms with van der Waals surface area (Å²) in [4.78, 5) is 23.3. The lowest BCUT2D eigenvalue weighted by atomic mass is 10.1. The summed E-state index contributed by atoms with van der Waals surface area (Å²) >= 11 is 5.90. The number of carbonyl (C=O) groups is 1. The zero-order chi connectivity index (χ0) is 24.0. The molecular formula is C24H27ClFN5O2. The molecule has 0 aliphatic heterocycles. The van der Waals surface area contributed by atoms with Gasteiger partial charge in [-0.05, 0) is 51.7 Å². The maximum Gasteiger partial charge on any atom is 0.248 e. The first-order valence-corrected chi connectivity index (χ1v) is 11.0. The van der Waals surface area contributed by atoms with Gasteiger partial charge in [-0.2, -0.15) is 0 Å². The molecule has 1 unspecified atom stereocenters.